The summed E-state index contributed by atoms with van der Waals surface area (Å²) in [5.74, 6) is -1.15. The van der Waals surface area contributed by atoms with Crippen LogP contribution in [-0.4, -0.2) is 36.9 Å². The van der Waals surface area contributed by atoms with Gasteiger partial charge in [0.2, 0.25) is 10.0 Å². The first-order valence-electron chi connectivity index (χ1n) is 6.32. The van der Waals surface area contributed by atoms with Crippen LogP contribution < -0.4 is 0 Å². The molecular weight excluding hydrogens is 290 g/mol. The average molecular weight is 309 g/mol. The molecule has 0 bridgehead atoms. The molecule has 6 heteroatoms. The molecule has 0 aliphatic carbocycles. The first-order valence-corrected chi connectivity index (χ1v) is 7.76. The molecule has 0 amide bonds. The Morgan fingerprint density at radius 3 is 2.14 bits per heavy atom. The second kappa shape index (κ2) is 6.69. The van der Waals surface area contributed by atoms with Gasteiger partial charge in [0, 0.05) is 13.1 Å². The lowest BCUT2D eigenvalue weighted by Gasteiger charge is -2.21. The Hall–Kier alpha value is -1.92. The van der Waals surface area contributed by atoms with Crippen LogP contribution in [0.15, 0.2) is 42.3 Å². The van der Waals surface area contributed by atoms with Crippen LogP contribution in [0.2, 0.25) is 0 Å². The highest BCUT2D eigenvalue weighted by Crippen LogP contribution is 2.24. The smallest absolute Gasteiger partial charge is 0.335 e. The maximum Gasteiger partial charge on any atom is 0.335 e. The third-order valence-electron chi connectivity index (χ3n) is 3.04. The van der Waals surface area contributed by atoms with Crippen molar-refractivity contribution in [1.82, 2.24) is 4.31 Å². The van der Waals surface area contributed by atoms with E-state index >= 15 is 0 Å². The van der Waals surface area contributed by atoms with Crippen LogP contribution in [0.3, 0.4) is 0 Å². The standard InChI is InChI=1S/C15H19NO4S/c1-5-7-16(8-6-2)21(19,20)14-10-13(15(17)18)11(3)9-12(14)4/h5-6,9-10H,1-2,7-8H2,3-4H3,(H,17,18). The van der Waals surface area contributed by atoms with Gasteiger partial charge >= 0.3 is 5.97 Å². The molecule has 0 saturated carbocycles. The van der Waals surface area contributed by atoms with Crippen LogP contribution in [-0.2, 0) is 10.0 Å². The number of hydrogen-bond acceptors (Lipinski definition) is 3. The number of carboxylic acids is 1. The molecule has 0 unspecified atom stereocenters. The summed E-state index contributed by atoms with van der Waals surface area (Å²) in [5.41, 5.74) is 1.02. The number of benzene rings is 1. The van der Waals surface area contributed by atoms with E-state index in [-0.39, 0.29) is 23.5 Å². The molecular formula is C15H19NO4S. The summed E-state index contributed by atoms with van der Waals surface area (Å²) >= 11 is 0. The second-order valence-electron chi connectivity index (χ2n) is 4.64. The third-order valence-corrected chi connectivity index (χ3v) is 5.01. The van der Waals surface area contributed by atoms with Crippen LogP contribution in [0.1, 0.15) is 21.5 Å². The SMILES string of the molecule is C=CCN(CC=C)S(=O)(=O)c1cc(C(=O)O)c(C)cc1C. The van der Waals surface area contributed by atoms with E-state index in [1.165, 1.54) is 22.5 Å². The van der Waals surface area contributed by atoms with Crippen molar-refractivity contribution >= 4 is 16.0 Å². The number of carboxylic acid groups (broad SMARTS) is 1. The van der Waals surface area contributed by atoms with Crippen molar-refractivity contribution < 1.29 is 18.3 Å². The number of nitrogens with zero attached hydrogens (tertiary/aromatic N) is 1. The maximum atomic E-state index is 12.7. The van der Waals surface area contributed by atoms with Crippen LogP contribution in [0.5, 0.6) is 0 Å². The van der Waals surface area contributed by atoms with Crippen molar-refractivity contribution in [2.45, 2.75) is 18.7 Å². The van der Waals surface area contributed by atoms with Crippen molar-refractivity contribution in [2.75, 3.05) is 13.1 Å². The fraction of sp³-hybridized carbons (Fsp3) is 0.267. The molecule has 1 aromatic rings. The van der Waals surface area contributed by atoms with Gasteiger partial charge in [0.15, 0.2) is 0 Å². The van der Waals surface area contributed by atoms with Gasteiger partial charge in [-0.25, -0.2) is 13.2 Å². The maximum absolute atomic E-state index is 12.7. The summed E-state index contributed by atoms with van der Waals surface area (Å²) < 4.78 is 26.5. The molecule has 114 valence electrons. The Balaban J connectivity index is 3.49. The van der Waals surface area contributed by atoms with E-state index < -0.39 is 16.0 Å². The lowest BCUT2D eigenvalue weighted by molar-refractivity contribution is 0.0696. The second-order valence-corrected chi connectivity index (χ2v) is 6.54. The highest BCUT2D eigenvalue weighted by Gasteiger charge is 2.26. The Kier molecular flexibility index (Phi) is 5.46. The van der Waals surface area contributed by atoms with E-state index in [0.29, 0.717) is 11.1 Å². The molecule has 1 N–H and O–H groups in total. The molecule has 1 aromatic carbocycles. The quantitative estimate of drug-likeness (QED) is 0.785. The van der Waals surface area contributed by atoms with Crippen LogP contribution in [0.25, 0.3) is 0 Å². The van der Waals surface area contributed by atoms with Crippen molar-refractivity contribution in [3.05, 3.63) is 54.1 Å². The van der Waals surface area contributed by atoms with Crippen molar-refractivity contribution in [1.29, 1.82) is 0 Å². The molecule has 1 rings (SSSR count). The minimum absolute atomic E-state index is 0.00537. The van der Waals surface area contributed by atoms with Crippen molar-refractivity contribution in [3.63, 3.8) is 0 Å². The number of rotatable bonds is 7. The van der Waals surface area contributed by atoms with Gasteiger partial charge in [-0.15, -0.1) is 13.2 Å². The Morgan fingerprint density at radius 1 is 1.19 bits per heavy atom. The number of sulfonamides is 1. The van der Waals surface area contributed by atoms with Gasteiger partial charge < -0.3 is 5.11 Å². The van der Waals surface area contributed by atoms with E-state index in [0.717, 1.165) is 0 Å². The number of hydrogen-bond donors (Lipinski definition) is 1. The normalized spacial score (nSPS) is 11.4. The zero-order chi connectivity index (χ0) is 16.2. The van der Waals surface area contributed by atoms with Gasteiger partial charge in [-0.1, -0.05) is 18.2 Å². The number of aromatic carboxylic acids is 1. The highest BCUT2D eigenvalue weighted by atomic mass is 32.2. The zero-order valence-corrected chi connectivity index (χ0v) is 13.0. The summed E-state index contributed by atoms with van der Waals surface area (Å²) in [5, 5.41) is 9.15. The number of carbonyl (C=O) groups is 1. The predicted molar refractivity (Wildman–Crippen MR) is 82.0 cm³/mol. The molecule has 0 fully saturated rings. The van der Waals surface area contributed by atoms with Gasteiger partial charge in [0.25, 0.3) is 0 Å². The van der Waals surface area contributed by atoms with E-state index in [1.807, 2.05) is 0 Å². The van der Waals surface area contributed by atoms with E-state index in [2.05, 4.69) is 13.2 Å². The fourth-order valence-electron chi connectivity index (χ4n) is 2.04. The van der Waals surface area contributed by atoms with Crippen LogP contribution in [0.4, 0.5) is 0 Å². The van der Waals surface area contributed by atoms with E-state index in [4.69, 9.17) is 5.11 Å². The largest absolute Gasteiger partial charge is 0.478 e. The van der Waals surface area contributed by atoms with Gasteiger partial charge in [0.1, 0.15) is 0 Å². The summed E-state index contributed by atoms with van der Waals surface area (Å²) in [6, 6.07) is 2.78. The molecule has 21 heavy (non-hydrogen) atoms. The van der Waals surface area contributed by atoms with E-state index in [9.17, 15) is 13.2 Å². The van der Waals surface area contributed by atoms with Crippen LogP contribution in [0, 0.1) is 13.8 Å². The van der Waals surface area contributed by atoms with Crippen molar-refractivity contribution in [3.8, 4) is 0 Å². The first kappa shape index (κ1) is 17.1. The van der Waals surface area contributed by atoms with Gasteiger partial charge in [-0.05, 0) is 31.0 Å². The monoisotopic (exact) mass is 309 g/mol. The van der Waals surface area contributed by atoms with Crippen molar-refractivity contribution in [2.24, 2.45) is 0 Å². The average Bonchev–Trinajstić information content (AvgIpc) is 2.37. The summed E-state index contributed by atoms with van der Waals surface area (Å²) in [7, 11) is -3.80. The minimum Gasteiger partial charge on any atom is -0.478 e. The molecule has 0 aliphatic rings. The van der Waals surface area contributed by atoms with Crippen LogP contribution >= 0.6 is 0 Å². The Labute approximate surface area is 125 Å². The highest BCUT2D eigenvalue weighted by molar-refractivity contribution is 7.89. The Morgan fingerprint density at radius 2 is 1.71 bits per heavy atom. The zero-order valence-electron chi connectivity index (χ0n) is 12.2. The summed E-state index contributed by atoms with van der Waals surface area (Å²) in [6.45, 7) is 10.6. The van der Waals surface area contributed by atoms with Gasteiger partial charge in [0.05, 0.1) is 10.5 Å². The lowest BCUT2D eigenvalue weighted by Crippen LogP contribution is -2.32. The molecule has 0 atom stereocenters. The topological polar surface area (TPSA) is 74.7 Å². The lowest BCUT2D eigenvalue weighted by atomic mass is 10.1. The molecule has 0 saturated heterocycles. The molecule has 0 heterocycles. The van der Waals surface area contributed by atoms with Gasteiger partial charge in [-0.3, -0.25) is 0 Å². The fourth-order valence-corrected chi connectivity index (χ4v) is 3.65. The first-order chi connectivity index (χ1) is 9.75. The molecule has 0 aliphatic heterocycles. The molecule has 0 radical (unpaired) electrons. The van der Waals surface area contributed by atoms with Gasteiger partial charge in [-0.2, -0.15) is 4.31 Å². The summed E-state index contributed by atoms with van der Waals surface area (Å²) in [6.07, 6.45) is 2.95. The molecule has 5 nitrogen and oxygen atoms in total. The van der Waals surface area contributed by atoms with E-state index in [1.54, 1.807) is 19.9 Å². The summed E-state index contributed by atoms with van der Waals surface area (Å²) in [4.78, 5) is 11.2. The predicted octanol–water partition coefficient (Wildman–Crippen LogP) is 2.36. The number of aryl methyl sites for hydroxylation is 2. The molecule has 0 spiro atoms. The minimum atomic E-state index is -3.80. The third kappa shape index (κ3) is 3.59. The molecule has 0 aromatic heterocycles. The Bertz CT molecular complexity index is 667.